The van der Waals surface area contributed by atoms with Crippen LogP contribution in [0, 0.1) is 10.1 Å². The summed E-state index contributed by atoms with van der Waals surface area (Å²) in [6.07, 6.45) is 1.08. The fourth-order valence-electron chi connectivity index (χ4n) is 0.963. The van der Waals surface area contributed by atoms with Crippen molar-refractivity contribution in [1.82, 2.24) is 0 Å². The number of benzene rings is 1. The van der Waals surface area contributed by atoms with Gasteiger partial charge in [0.2, 0.25) is 0 Å². The highest BCUT2D eigenvalue weighted by atomic mass is 35.5. The molecule has 0 N–H and O–H groups in total. The van der Waals surface area contributed by atoms with E-state index >= 15 is 0 Å². The predicted molar refractivity (Wildman–Crippen MR) is 57.4 cm³/mol. The second-order valence-corrected chi connectivity index (χ2v) is 3.24. The lowest BCUT2D eigenvalue weighted by atomic mass is 10.1. The number of nitrogens with zero attached hydrogens (tertiary/aromatic N) is 1. The Kier molecular flexibility index (Phi) is 3.82. The van der Waals surface area contributed by atoms with E-state index in [0.717, 1.165) is 17.7 Å². The van der Waals surface area contributed by atoms with Crippen molar-refractivity contribution in [3.63, 3.8) is 0 Å². The normalized spacial score (nSPS) is 10.5. The highest BCUT2D eigenvalue weighted by Crippen LogP contribution is 2.22. The van der Waals surface area contributed by atoms with Gasteiger partial charge in [0.25, 0.3) is 5.69 Å². The van der Waals surface area contributed by atoms with Crippen LogP contribution in [0.25, 0.3) is 0 Å². The van der Waals surface area contributed by atoms with Crippen LogP contribution >= 0.6 is 23.2 Å². The zero-order valence-electron chi connectivity index (χ0n) is 7.31. The molecule has 0 aliphatic heterocycles. The molecule has 0 aromatic heterocycles. The number of hydrogen-bond donors (Lipinski definition) is 0. The summed E-state index contributed by atoms with van der Waals surface area (Å²) >= 11 is 10.9. The lowest BCUT2D eigenvalue weighted by Gasteiger charge is -1.99. The fourth-order valence-corrected chi connectivity index (χ4v) is 1.29. The van der Waals surface area contributed by atoms with Crippen LogP contribution in [0.1, 0.15) is 10.4 Å². The maximum absolute atomic E-state index is 11.4. The molecule has 0 bridgehead atoms. The Morgan fingerprint density at radius 2 is 2.13 bits per heavy atom. The molecule has 1 aromatic rings. The third-order valence-corrected chi connectivity index (χ3v) is 2.10. The number of nitro benzene ring substituents is 1. The van der Waals surface area contributed by atoms with Gasteiger partial charge in [0, 0.05) is 23.2 Å². The van der Waals surface area contributed by atoms with Gasteiger partial charge >= 0.3 is 0 Å². The molecule has 0 fully saturated rings. The molecule has 1 aromatic carbocycles. The highest BCUT2D eigenvalue weighted by molar-refractivity contribution is 6.35. The summed E-state index contributed by atoms with van der Waals surface area (Å²) < 4.78 is 0. The molecule has 6 heteroatoms. The van der Waals surface area contributed by atoms with E-state index in [2.05, 4.69) is 0 Å². The molecule has 1 rings (SSSR count). The molecule has 0 atom stereocenters. The minimum atomic E-state index is -0.600. The Hall–Kier alpha value is -1.39. The second kappa shape index (κ2) is 4.91. The Morgan fingerprint density at radius 1 is 1.47 bits per heavy atom. The first-order valence-electron chi connectivity index (χ1n) is 3.81. The number of hydrogen-bond acceptors (Lipinski definition) is 3. The molecule has 0 amide bonds. The Morgan fingerprint density at radius 3 is 2.67 bits per heavy atom. The molecule has 0 radical (unpaired) electrons. The summed E-state index contributed by atoms with van der Waals surface area (Å²) in [5.74, 6) is -0.473. The van der Waals surface area contributed by atoms with Crippen molar-refractivity contribution in [1.29, 1.82) is 0 Å². The highest BCUT2D eigenvalue weighted by Gasteiger charge is 2.13. The number of halogens is 2. The first kappa shape index (κ1) is 11.7. The number of non-ortho nitro benzene ring substituents is 1. The SMILES string of the molecule is O=C(/C=C/Cl)c1cc([N+](=O)[O-])ccc1Cl. The minimum absolute atomic E-state index is 0.0581. The number of ketones is 1. The van der Waals surface area contributed by atoms with E-state index in [9.17, 15) is 14.9 Å². The molecule has 0 saturated heterocycles. The van der Waals surface area contributed by atoms with E-state index in [-0.39, 0.29) is 16.3 Å². The smallest absolute Gasteiger partial charge is 0.270 e. The average Bonchev–Trinajstić information content (AvgIpc) is 2.18. The van der Waals surface area contributed by atoms with Crippen LogP contribution < -0.4 is 0 Å². The first-order chi connectivity index (χ1) is 7.06. The quantitative estimate of drug-likeness (QED) is 0.356. The first-order valence-corrected chi connectivity index (χ1v) is 4.62. The molecule has 0 heterocycles. The number of allylic oxidation sites excluding steroid dienone is 1. The van der Waals surface area contributed by atoms with Crippen molar-refractivity contribution in [2.45, 2.75) is 0 Å². The maximum Gasteiger partial charge on any atom is 0.270 e. The lowest BCUT2D eigenvalue weighted by molar-refractivity contribution is -0.384. The van der Waals surface area contributed by atoms with Gasteiger partial charge in [-0.15, -0.1) is 0 Å². The summed E-state index contributed by atoms with van der Waals surface area (Å²) in [7, 11) is 0. The van der Waals surface area contributed by atoms with Crippen molar-refractivity contribution >= 4 is 34.7 Å². The van der Waals surface area contributed by atoms with Crippen LogP contribution in [0.15, 0.2) is 29.8 Å². The van der Waals surface area contributed by atoms with E-state index in [0.29, 0.717) is 0 Å². The number of carbonyl (C=O) groups is 1. The van der Waals surface area contributed by atoms with Crippen LogP contribution in [0.4, 0.5) is 5.69 Å². The summed E-state index contributed by atoms with van der Waals surface area (Å²) in [5, 5.41) is 10.6. The van der Waals surface area contributed by atoms with Crippen LogP contribution in [0.2, 0.25) is 5.02 Å². The molecule has 78 valence electrons. The largest absolute Gasteiger partial charge is 0.289 e. The Balaban J connectivity index is 3.22. The van der Waals surface area contributed by atoms with Gasteiger partial charge in [0.15, 0.2) is 5.78 Å². The molecule has 0 saturated carbocycles. The van der Waals surface area contributed by atoms with Gasteiger partial charge in [-0.25, -0.2) is 0 Å². The monoisotopic (exact) mass is 245 g/mol. The number of nitro groups is 1. The molecule has 0 aliphatic carbocycles. The van der Waals surface area contributed by atoms with E-state index in [1.54, 1.807) is 0 Å². The van der Waals surface area contributed by atoms with Gasteiger partial charge in [0.1, 0.15) is 0 Å². The van der Waals surface area contributed by atoms with E-state index in [1.165, 1.54) is 12.1 Å². The van der Waals surface area contributed by atoms with Crippen molar-refractivity contribution < 1.29 is 9.72 Å². The maximum atomic E-state index is 11.4. The molecule has 4 nitrogen and oxygen atoms in total. The number of carbonyl (C=O) groups excluding carboxylic acids is 1. The van der Waals surface area contributed by atoms with Crippen molar-refractivity contribution in [2.75, 3.05) is 0 Å². The predicted octanol–water partition coefficient (Wildman–Crippen LogP) is 3.18. The Bertz CT molecular complexity index is 443. The lowest BCUT2D eigenvalue weighted by Crippen LogP contribution is -1.97. The number of rotatable bonds is 3. The van der Waals surface area contributed by atoms with Gasteiger partial charge in [-0.3, -0.25) is 14.9 Å². The topological polar surface area (TPSA) is 60.2 Å². The summed E-state index contributed by atoms with van der Waals surface area (Å²) in [6, 6.07) is 3.64. The zero-order valence-corrected chi connectivity index (χ0v) is 8.83. The Labute approximate surface area is 95.3 Å². The summed E-state index contributed by atoms with van der Waals surface area (Å²) in [5.41, 5.74) is 0.894. The van der Waals surface area contributed by atoms with Gasteiger partial charge < -0.3 is 0 Å². The van der Waals surface area contributed by atoms with Crippen LogP contribution in [-0.2, 0) is 0 Å². The van der Waals surface area contributed by atoms with Gasteiger partial charge in [-0.05, 0) is 12.1 Å². The molecular formula is C9H5Cl2NO3. The molecule has 0 aliphatic rings. The molecule has 0 unspecified atom stereocenters. The molecular weight excluding hydrogens is 241 g/mol. The second-order valence-electron chi connectivity index (χ2n) is 2.58. The third-order valence-electron chi connectivity index (χ3n) is 1.64. The van der Waals surface area contributed by atoms with Crippen molar-refractivity contribution in [2.24, 2.45) is 0 Å². The zero-order chi connectivity index (χ0) is 11.4. The van der Waals surface area contributed by atoms with Crippen molar-refractivity contribution in [3.05, 3.63) is 50.5 Å². The van der Waals surface area contributed by atoms with Crippen LogP contribution in [-0.4, -0.2) is 10.7 Å². The third kappa shape index (κ3) is 2.78. The van der Waals surface area contributed by atoms with Gasteiger partial charge in [-0.2, -0.15) is 0 Å². The fraction of sp³-hybridized carbons (Fsp3) is 0. The average molecular weight is 246 g/mol. The van der Waals surface area contributed by atoms with E-state index in [4.69, 9.17) is 23.2 Å². The standard InChI is InChI=1S/C9H5Cl2NO3/c10-4-3-9(13)7-5-6(12(14)15)1-2-8(7)11/h1-5H/b4-3+. The molecule has 15 heavy (non-hydrogen) atoms. The van der Waals surface area contributed by atoms with Crippen LogP contribution in [0.5, 0.6) is 0 Å². The van der Waals surface area contributed by atoms with Crippen molar-refractivity contribution in [3.8, 4) is 0 Å². The minimum Gasteiger partial charge on any atom is -0.289 e. The van der Waals surface area contributed by atoms with E-state index < -0.39 is 10.7 Å². The van der Waals surface area contributed by atoms with Gasteiger partial charge in [0.05, 0.1) is 9.95 Å². The van der Waals surface area contributed by atoms with Gasteiger partial charge in [-0.1, -0.05) is 23.2 Å². The summed E-state index contributed by atoms with van der Waals surface area (Å²) in [4.78, 5) is 21.2. The van der Waals surface area contributed by atoms with Crippen LogP contribution in [0.3, 0.4) is 0 Å². The van der Waals surface area contributed by atoms with E-state index in [1.807, 2.05) is 0 Å². The molecule has 0 spiro atoms. The summed E-state index contributed by atoms with van der Waals surface area (Å²) in [6.45, 7) is 0.